The zero-order valence-electron chi connectivity index (χ0n) is 11.7. The molecule has 1 aromatic rings. The molecule has 2 nitrogen and oxygen atoms in total. The number of rotatable bonds is 10. The summed E-state index contributed by atoms with van der Waals surface area (Å²) in [4.78, 5) is 0. The zero-order valence-corrected chi connectivity index (χ0v) is 16.5. The first-order valence-corrected chi connectivity index (χ1v) is 9.67. The number of hydrogen-bond acceptors (Lipinski definition) is 2. The molecule has 20 heavy (non-hydrogen) atoms. The third-order valence-electron chi connectivity index (χ3n) is 3.34. The van der Waals surface area contributed by atoms with Gasteiger partial charge in [-0.15, -0.1) is 0 Å². The Hall–Kier alpha value is 0.580. The maximum Gasteiger partial charge on any atom is 0.0700 e. The number of methoxy groups -OCH3 is 1. The van der Waals surface area contributed by atoms with Crippen LogP contribution in [0.1, 0.15) is 18.4 Å². The number of ether oxygens (including phenoxy) is 2. The van der Waals surface area contributed by atoms with Crippen LogP contribution in [0.2, 0.25) is 0 Å². The average molecular weight is 473 g/mol. The van der Waals surface area contributed by atoms with Crippen LogP contribution in [0.3, 0.4) is 0 Å². The first-order valence-electron chi connectivity index (χ1n) is 6.63. The maximum atomic E-state index is 5.55. The summed E-state index contributed by atoms with van der Waals surface area (Å²) in [5, 5.41) is 1.87. The van der Waals surface area contributed by atoms with Gasteiger partial charge >= 0.3 is 0 Å². The summed E-state index contributed by atoms with van der Waals surface area (Å²) in [6, 6.07) is 8.59. The standard InChI is InChI=1S/C15H21Br3O2/c1-19-9-10-20-8-2-7-15(11-16,12-17)13-3-5-14(18)6-4-13/h3-6H,2,7-12H2,1H3. The van der Waals surface area contributed by atoms with Crippen LogP contribution >= 0.6 is 47.8 Å². The lowest BCUT2D eigenvalue weighted by Crippen LogP contribution is -2.30. The van der Waals surface area contributed by atoms with E-state index in [9.17, 15) is 0 Å². The van der Waals surface area contributed by atoms with Gasteiger partial charge in [-0.3, -0.25) is 0 Å². The fourth-order valence-corrected chi connectivity index (χ4v) is 4.43. The molecule has 0 unspecified atom stereocenters. The first kappa shape index (κ1) is 18.6. The number of hydrogen-bond donors (Lipinski definition) is 0. The van der Waals surface area contributed by atoms with Crippen molar-refractivity contribution in [3.63, 3.8) is 0 Å². The Balaban J connectivity index is 2.56. The van der Waals surface area contributed by atoms with Crippen LogP contribution in [0.5, 0.6) is 0 Å². The Kier molecular flexibility index (Phi) is 9.62. The highest BCUT2D eigenvalue weighted by Crippen LogP contribution is 2.34. The fourth-order valence-electron chi connectivity index (χ4n) is 2.03. The van der Waals surface area contributed by atoms with Gasteiger partial charge in [0, 0.05) is 34.3 Å². The predicted molar refractivity (Wildman–Crippen MR) is 95.3 cm³/mol. The Labute approximate surface area is 147 Å². The Bertz CT molecular complexity index is 364. The number of alkyl halides is 2. The lowest BCUT2D eigenvalue weighted by atomic mass is 9.80. The van der Waals surface area contributed by atoms with Gasteiger partial charge in [0.25, 0.3) is 0 Å². The van der Waals surface area contributed by atoms with Crippen LogP contribution < -0.4 is 0 Å². The van der Waals surface area contributed by atoms with E-state index in [0.29, 0.717) is 13.2 Å². The lowest BCUT2D eigenvalue weighted by Gasteiger charge is -2.31. The van der Waals surface area contributed by atoms with E-state index >= 15 is 0 Å². The fraction of sp³-hybridized carbons (Fsp3) is 0.600. The quantitative estimate of drug-likeness (QED) is 0.355. The van der Waals surface area contributed by atoms with E-state index in [2.05, 4.69) is 72.1 Å². The molecule has 0 N–H and O–H groups in total. The summed E-state index contributed by atoms with van der Waals surface area (Å²) < 4.78 is 11.6. The van der Waals surface area contributed by atoms with E-state index in [-0.39, 0.29) is 5.41 Å². The van der Waals surface area contributed by atoms with Crippen LogP contribution in [-0.4, -0.2) is 37.6 Å². The van der Waals surface area contributed by atoms with Gasteiger partial charge in [0.05, 0.1) is 13.2 Å². The summed E-state index contributed by atoms with van der Waals surface area (Å²) in [6.07, 6.45) is 2.12. The first-order chi connectivity index (χ1) is 9.68. The average Bonchev–Trinajstić information content (AvgIpc) is 2.48. The predicted octanol–water partition coefficient (Wildman–Crippen LogP) is 4.92. The van der Waals surface area contributed by atoms with Crippen LogP contribution in [0, 0.1) is 0 Å². The second-order valence-electron chi connectivity index (χ2n) is 4.76. The van der Waals surface area contributed by atoms with Crippen molar-refractivity contribution in [2.75, 3.05) is 37.6 Å². The molecular weight excluding hydrogens is 452 g/mol. The van der Waals surface area contributed by atoms with Crippen molar-refractivity contribution in [3.05, 3.63) is 34.3 Å². The van der Waals surface area contributed by atoms with Gasteiger partial charge in [-0.25, -0.2) is 0 Å². The summed E-state index contributed by atoms with van der Waals surface area (Å²) in [5.74, 6) is 0. The second kappa shape index (κ2) is 10.3. The van der Waals surface area contributed by atoms with Crippen LogP contribution in [0.4, 0.5) is 0 Å². The summed E-state index contributed by atoms with van der Waals surface area (Å²) in [7, 11) is 1.69. The molecule has 0 spiro atoms. The normalized spacial score (nSPS) is 11.8. The molecule has 0 atom stereocenters. The molecule has 0 saturated carbocycles. The Morgan fingerprint density at radius 1 is 1.00 bits per heavy atom. The molecule has 0 aliphatic carbocycles. The van der Waals surface area contributed by atoms with Gasteiger partial charge in [0.2, 0.25) is 0 Å². The minimum atomic E-state index is 0.116. The molecule has 0 aromatic heterocycles. The monoisotopic (exact) mass is 470 g/mol. The summed E-state index contributed by atoms with van der Waals surface area (Å²) >= 11 is 10.8. The Morgan fingerprint density at radius 3 is 2.20 bits per heavy atom. The van der Waals surface area contributed by atoms with Crippen molar-refractivity contribution < 1.29 is 9.47 Å². The third kappa shape index (κ3) is 5.76. The highest BCUT2D eigenvalue weighted by atomic mass is 79.9. The minimum absolute atomic E-state index is 0.116. The van der Waals surface area contributed by atoms with Gasteiger partial charge in [-0.1, -0.05) is 59.9 Å². The molecule has 0 fully saturated rings. The SMILES string of the molecule is COCCOCCCC(CBr)(CBr)c1ccc(Br)cc1. The molecule has 0 heterocycles. The van der Waals surface area contributed by atoms with Crippen LogP contribution in [-0.2, 0) is 14.9 Å². The van der Waals surface area contributed by atoms with Gasteiger partial charge in [-0.2, -0.15) is 0 Å². The van der Waals surface area contributed by atoms with Gasteiger partial charge in [0.1, 0.15) is 0 Å². The molecular formula is C15H21Br3O2. The molecule has 1 rings (SSSR count). The molecule has 114 valence electrons. The van der Waals surface area contributed by atoms with E-state index in [4.69, 9.17) is 9.47 Å². The number of benzene rings is 1. The minimum Gasteiger partial charge on any atom is -0.382 e. The zero-order chi connectivity index (χ0) is 14.8. The topological polar surface area (TPSA) is 18.5 Å². The number of halogens is 3. The van der Waals surface area contributed by atoms with Crippen molar-refractivity contribution in [2.45, 2.75) is 18.3 Å². The van der Waals surface area contributed by atoms with Gasteiger partial charge in [0.15, 0.2) is 0 Å². The van der Waals surface area contributed by atoms with Crippen LogP contribution in [0.25, 0.3) is 0 Å². The third-order valence-corrected chi connectivity index (χ3v) is 6.02. The molecule has 5 heteroatoms. The van der Waals surface area contributed by atoms with Crippen molar-refractivity contribution in [2.24, 2.45) is 0 Å². The lowest BCUT2D eigenvalue weighted by molar-refractivity contribution is 0.0671. The van der Waals surface area contributed by atoms with Crippen molar-refractivity contribution in [3.8, 4) is 0 Å². The largest absolute Gasteiger partial charge is 0.382 e. The highest BCUT2D eigenvalue weighted by molar-refractivity contribution is 9.10. The molecule has 0 aliphatic rings. The van der Waals surface area contributed by atoms with E-state index < -0.39 is 0 Å². The molecule has 0 saturated heterocycles. The Morgan fingerprint density at radius 2 is 1.65 bits per heavy atom. The molecule has 0 aliphatic heterocycles. The van der Waals surface area contributed by atoms with E-state index in [1.165, 1.54) is 5.56 Å². The van der Waals surface area contributed by atoms with Crippen molar-refractivity contribution in [1.29, 1.82) is 0 Å². The van der Waals surface area contributed by atoms with Crippen molar-refractivity contribution in [1.82, 2.24) is 0 Å². The van der Waals surface area contributed by atoms with E-state index in [1.807, 2.05) is 0 Å². The van der Waals surface area contributed by atoms with E-state index in [1.54, 1.807) is 7.11 Å². The van der Waals surface area contributed by atoms with Crippen molar-refractivity contribution >= 4 is 47.8 Å². The summed E-state index contributed by atoms with van der Waals surface area (Å²) in [6.45, 7) is 2.11. The van der Waals surface area contributed by atoms with Crippen LogP contribution in [0.15, 0.2) is 28.7 Å². The van der Waals surface area contributed by atoms with Gasteiger partial charge in [-0.05, 0) is 30.5 Å². The molecule has 0 amide bonds. The molecule has 0 bridgehead atoms. The van der Waals surface area contributed by atoms with E-state index in [0.717, 1.165) is 34.6 Å². The smallest absolute Gasteiger partial charge is 0.0700 e. The maximum absolute atomic E-state index is 5.55. The molecule has 1 aromatic carbocycles. The second-order valence-corrected chi connectivity index (χ2v) is 6.80. The highest BCUT2D eigenvalue weighted by Gasteiger charge is 2.29. The summed E-state index contributed by atoms with van der Waals surface area (Å²) in [5.41, 5.74) is 1.47. The molecule has 0 radical (unpaired) electrons. The van der Waals surface area contributed by atoms with Gasteiger partial charge < -0.3 is 9.47 Å².